The van der Waals surface area contributed by atoms with E-state index in [-0.39, 0.29) is 12.1 Å². The molecule has 0 spiro atoms. The second-order valence-electron chi connectivity index (χ2n) is 12.4. The van der Waals surface area contributed by atoms with E-state index in [1.54, 1.807) is 0 Å². The Balaban J connectivity index is 1.11. The summed E-state index contributed by atoms with van der Waals surface area (Å²) in [4.78, 5) is 7.35. The number of rotatable bonds is 5. The molecule has 0 bridgehead atoms. The molecule has 9 rings (SSSR count). The summed E-state index contributed by atoms with van der Waals surface area (Å²) < 4.78 is 6.38. The molecular formula is C42H35N3O. The maximum atomic E-state index is 6.38. The fraction of sp³-hybridized carbons (Fsp3) is 0.143. The molecular weight excluding hydrogens is 562 g/mol. The van der Waals surface area contributed by atoms with Crippen LogP contribution in [0, 0.1) is 0 Å². The highest BCUT2D eigenvalue weighted by atomic mass is 16.5. The van der Waals surface area contributed by atoms with Crippen molar-refractivity contribution in [2.24, 2.45) is 0 Å². The van der Waals surface area contributed by atoms with Crippen LogP contribution in [-0.4, -0.2) is 12.1 Å². The van der Waals surface area contributed by atoms with Crippen molar-refractivity contribution in [1.29, 1.82) is 0 Å². The zero-order valence-electron chi connectivity index (χ0n) is 25.6. The van der Waals surface area contributed by atoms with Crippen LogP contribution in [0.15, 0.2) is 175 Å². The minimum Gasteiger partial charge on any atom is -0.482 e. The normalized spacial score (nSPS) is 22.1. The molecule has 3 aliphatic carbocycles. The van der Waals surface area contributed by atoms with Gasteiger partial charge in [-0.3, -0.25) is 0 Å². The van der Waals surface area contributed by atoms with E-state index < -0.39 is 0 Å². The third-order valence-electron chi connectivity index (χ3n) is 9.71. The second kappa shape index (κ2) is 11.1. The molecule has 0 fully saturated rings. The fourth-order valence-corrected chi connectivity index (χ4v) is 7.63. The molecule has 0 saturated carbocycles. The Morgan fingerprint density at radius 3 is 2.33 bits per heavy atom. The largest absolute Gasteiger partial charge is 0.482 e. The average Bonchev–Trinajstić information content (AvgIpc) is 3.45. The fourth-order valence-electron chi connectivity index (χ4n) is 7.63. The molecule has 0 radical (unpaired) electrons. The van der Waals surface area contributed by atoms with E-state index in [0.29, 0.717) is 5.92 Å². The molecule has 3 atom stereocenters. The molecule has 4 nitrogen and oxygen atoms in total. The maximum Gasteiger partial charge on any atom is 0.144 e. The Bertz CT molecular complexity index is 1980. The van der Waals surface area contributed by atoms with E-state index in [9.17, 15) is 0 Å². The van der Waals surface area contributed by atoms with Gasteiger partial charge in [-0.15, -0.1) is 0 Å². The van der Waals surface area contributed by atoms with Crippen LogP contribution in [0.2, 0.25) is 0 Å². The molecule has 0 amide bonds. The van der Waals surface area contributed by atoms with E-state index in [0.717, 1.165) is 36.4 Å². The predicted octanol–water partition coefficient (Wildman–Crippen LogP) is 10.2. The van der Waals surface area contributed by atoms with Gasteiger partial charge >= 0.3 is 0 Å². The highest BCUT2D eigenvalue weighted by Gasteiger charge is 2.38. The quantitative estimate of drug-likeness (QED) is 0.228. The van der Waals surface area contributed by atoms with Crippen LogP contribution in [0.1, 0.15) is 30.7 Å². The Morgan fingerprint density at radius 2 is 1.48 bits per heavy atom. The Hall–Kier alpha value is -5.48. The summed E-state index contributed by atoms with van der Waals surface area (Å²) in [6.07, 6.45) is 23.2. The third kappa shape index (κ3) is 4.44. The van der Waals surface area contributed by atoms with Gasteiger partial charge in [0.05, 0.1) is 11.7 Å². The summed E-state index contributed by atoms with van der Waals surface area (Å²) in [5.41, 5.74) is 11.2. The lowest BCUT2D eigenvalue weighted by Crippen LogP contribution is -2.46. The van der Waals surface area contributed by atoms with Gasteiger partial charge in [0.15, 0.2) is 0 Å². The van der Waals surface area contributed by atoms with Crippen LogP contribution in [0.3, 0.4) is 0 Å². The number of nitrogens with zero attached hydrogens (tertiary/aromatic N) is 3. The lowest BCUT2D eigenvalue weighted by molar-refractivity contribution is 0.218. The topological polar surface area (TPSA) is 19.0 Å². The molecule has 2 heterocycles. The number of allylic oxidation sites excluding steroid dienone is 9. The lowest BCUT2D eigenvalue weighted by atomic mass is 9.90. The minimum absolute atomic E-state index is 0.0225. The van der Waals surface area contributed by atoms with Crippen molar-refractivity contribution in [3.8, 4) is 5.75 Å². The van der Waals surface area contributed by atoms with Gasteiger partial charge in [0.25, 0.3) is 0 Å². The molecule has 4 heteroatoms. The SMILES string of the molecule is C1=CCCC(N(C2=CCC3C(=C2)N(c2ccc(N4c5ccccc5OC5C=CC=CC54)cc2)c2ccccc23)c2ccccc2)=C1. The smallest absolute Gasteiger partial charge is 0.144 e. The third-order valence-corrected chi connectivity index (χ3v) is 9.71. The number of fused-ring (bicyclic) bond motifs is 5. The van der Waals surface area contributed by atoms with Gasteiger partial charge < -0.3 is 19.4 Å². The van der Waals surface area contributed by atoms with Crippen molar-refractivity contribution >= 4 is 28.4 Å². The number of para-hydroxylation sites is 4. The van der Waals surface area contributed by atoms with E-state index in [1.165, 1.54) is 39.7 Å². The van der Waals surface area contributed by atoms with Crippen LogP contribution in [0.4, 0.5) is 28.4 Å². The van der Waals surface area contributed by atoms with Gasteiger partial charge in [-0.1, -0.05) is 85.0 Å². The van der Waals surface area contributed by atoms with Crippen LogP contribution in [0.25, 0.3) is 0 Å². The van der Waals surface area contributed by atoms with Gasteiger partial charge in [-0.2, -0.15) is 0 Å². The van der Waals surface area contributed by atoms with Gasteiger partial charge in [-0.05, 0) is 97.7 Å². The first kappa shape index (κ1) is 26.9. The molecule has 46 heavy (non-hydrogen) atoms. The molecule has 4 aromatic rings. The number of benzene rings is 4. The standard InChI is InChI=1S/C42H35N3O/c1-3-13-30(14-4-1)43(31-15-5-2-6-16-31)34-27-28-36-35-17-7-8-18-37(35)44(40(36)29-34)32-23-25-33(26-24-32)45-38-19-9-11-21-41(38)46-42-22-12-10-20-39(42)45/h1-5,7-15,17-27,29,36,38,41H,6,16,28H2. The van der Waals surface area contributed by atoms with Crippen molar-refractivity contribution < 1.29 is 4.74 Å². The summed E-state index contributed by atoms with van der Waals surface area (Å²) in [5, 5.41) is 0. The highest BCUT2D eigenvalue weighted by Crippen LogP contribution is 2.52. The molecule has 224 valence electrons. The van der Waals surface area contributed by atoms with E-state index in [2.05, 4.69) is 166 Å². The van der Waals surface area contributed by atoms with Crippen LogP contribution in [0.5, 0.6) is 5.75 Å². The minimum atomic E-state index is -0.0225. The van der Waals surface area contributed by atoms with Crippen LogP contribution in [-0.2, 0) is 0 Å². The van der Waals surface area contributed by atoms with Crippen molar-refractivity contribution in [2.75, 3.05) is 14.7 Å². The number of hydrogen-bond acceptors (Lipinski definition) is 4. The second-order valence-corrected chi connectivity index (χ2v) is 12.4. The first-order valence-corrected chi connectivity index (χ1v) is 16.4. The first-order valence-electron chi connectivity index (χ1n) is 16.4. The van der Waals surface area contributed by atoms with Gasteiger partial charge in [0.2, 0.25) is 0 Å². The molecule has 0 saturated heterocycles. The Kier molecular flexibility index (Phi) is 6.52. The summed E-state index contributed by atoms with van der Waals surface area (Å²) in [7, 11) is 0. The molecule has 0 N–H and O–H groups in total. The monoisotopic (exact) mass is 597 g/mol. The van der Waals surface area contributed by atoms with Gasteiger partial charge in [0.1, 0.15) is 11.9 Å². The van der Waals surface area contributed by atoms with Crippen molar-refractivity contribution in [3.05, 3.63) is 180 Å². The molecule has 0 aromatic heterocycles. The van der Waals surface area contributed by atoms with Gasteiger partial charge in [0, 0.05) is 45.8 Å². The maximum absolute atomic E-state index is 6.38. The Morgan fingerprint density at radius 1 is 0.717 bits per heavy atom. The predicted molar refractivity (Wildman–Crippen MR) is 189 cm³/mol. The van der Waals surface area contributed by atoms with Crippen molar-refractivity contribution in [2.45, 2.75) is 37.3 Å². The molecule has 4 aromatic carbocycles. The van der Waals surface area contributed by atoms with E-state index in [1.807, 2.05) is 6.07 Å². The summed E-state index contributed by atoms with van der Waals surface area (Å²) in [6.45, 7) is 0. The summed E-state index contributed by atoms with van der Waals surface area (Å²) >= 11 is 0. The zero-order valence-corrected chi connectivity index (χ0v) is 25.6. The molecule has 5 aliphatic rings. The van der Waals surface area contributed by atoms with Crippen molar-refractivity contribution in [1.82, 2.24) is 0 Å². The van der Waals surface area contributed by atoms with Crippen LogP contribution < -0.4 is 19.4 Å². The number of hydrogen-bond donors (Lipinski definition) is 0. The summed E-state index contributed by atoms with van der Waals surface area (Å²) in [5.74, 6) is 1.24. The number of anilines is 5. The summed E-state index contributed by atoms with van der Waals surface area (Å²) in [6, 6.07) is 37.3. The van der Waals surface area contributed by atoms with Gasteiger partial charge in [-0.25, -0.2) is 0 Å². The average molecular weight is 598 g/mol. The van der Waals surface area contributed by atoms with Crippen molar-refractivity contribution in [3.63, 3.8) is 0 Å². The molecule has 3 unspecified atom stereocenters. The van der Waals surface area contributed by atoms with E-state index >= 15 is 0 Å². The number of ether oxygens (including phenoxy) is 1. The molecule has 2 aliphatic heterocycles. The van der Waals surface area contributed by atoms with Crippen LogP contribution >= 0.6 is 0 Å². The highest BCUT2D eigenvalue weighted by molar-refractivity contribution is 5.82. The lowest BCUT2D eigenvalue weighted by Gasteiger charge is -2.42. The van der Waals surface area contributed by atoms with E-state index in [4.69, 9.17) is 4.74 Å². The zero-order chi connectivity index (χ0) is 30.5. The Labute approximate surface area is 270 Å². The first-order chi connectivity index (χ1) is 22.8.